The SMILES string of the molecule is Cc1cc(C(=O)NCC(C)(C)C(N)=O)sc1C#CCN. The molecule has 5 N–H and O–H groups in total. The molecular weight excluding hydrogens is 274 g/mol. The summed E-state index contributed by atoms with van der Waals surface area (Å²) in [6.07, 6.45) is 0. The molecule has 0 bridgehead atoms. The third kappa shape index (κ3) is 4.08. The predicted molar refractivity (Wildman–Crippen MR) is 80.3 cm³/mol. The van der Waals surface area contributed by atoms with Crippen LogP contribution in [-0.4, -0.2) is 24.9 Å². The Morgan fingerprint density at radius 3 is 2.65 bits per heavy atom. The van der Waals surface area contributed by atoms with Crippen LogP contribution in [0.25, 0.3) is 0 Å². The second-order valence-electron chi connectivity index (χ2n) is 5.06. The highest BCUT2D eigenvalue weighted by atomic mass is 32.1. The molecule has 6 heteroatoms. The van der Waals surface area contributed by atoms with Crippen LogP contribution in [0.3, 0.4) is 0 Å². The molecule has 2 amide bonds. The Labute approximate surface area is 122 Å². The van der Waals surface area contributed by atoms with Gasteiger partial charge in [0.2, 0.25) is 5.91 Å². The van der Waals surface area contributed by atoms with E-state index in [0.29, 0.717) is 4.88 Å². The Morgan fingerprint density at radius 1 is 1.45 bits per heavy atom. The quantitative estimate of drug-likeness (QED) is 0.709. The van der Waals surface area contributed by atoms with E-state index in [1.807, 2.05) is 6.92 Å². The van der Waals surface area contributed by atoms with Gasteiger partial charge in [-0.1, -0.05) is 11.8 Å². The molecule has 0 saturated heterocycles. The van der Waals surface area contributed by atoms with Gasteiger partial charge in [-0.25, -0.2) is 0 Å². The number of nitrogens with two attached hydrogens (primary N) is 2. The summed E-state index contributed by atoms with van der Waals surface area (Å²) in [6.45, 7) is 5.75. The van der Waals surface area contributed by atoms with Crippen molar-refractivity contribution < 1.29 is 9.59 Å². The fourth-order valence-electron chi connectivity index (χ4n) is 1.32. The van der Waals surface area contributed by atoms with Crippen LogP contribution < -0.4 is 16.8 Å². The Kier molecular flexibility index (Phi) is 5.31. The summed E-state index contributed by atoms with van der Waals surface area (Å²) < 4.78 is 0. The number of amides is 2. The van der Waals surface area contributed by atoms with Gasteiger partial charge in [-0.15, -0.1) is 11.3 Å². The zero-order chi connectivity index (χ0) is 15.3. The van der Waals surface area contributed by atoms with Crippen molar-refractivity contribution in [1.29, 1.82) is 0 Å². The van der Waals surface area contributed by atoms with Crippen LogP contribution in [-0.2, 0) is 4.79 Å². The lowest BCUT2D eigenvalue weighted by Crippen LogP contribution is -2.42. The molecule has 0 aliphatic carbocycles. The van der Waals surface area contributed by atoms with E-state index in [4.69, 9.17) is 11.5 Å². The Balaban J connectivity index is 2.77. The number of hydrogen-bond acceptors (Lipinski definition) is 4. The molecule has 0 aromatic carbocycles. The van der Waals surface area contributed by atoms with E-state index >= 15 is 0 Å². The van der Waals surface area contributed by atoms with Crippen LogP contribution in [0.5, 0.6) is 0 Å². The monoisotopic (exact) mass is 293 g/mol. The molecule has 108 valence electrons. The van der Waals surface area contributed by atoms with E-state index in [9.17, 15) is 9.59 Å². The molecule has 1 aromatic heterocycles. The smallest absolute Gasteiger partial charge is 0.261 e. The van der Waals surface area contributed by atoms with Gasteiger partial charge in [-0.05, 0) is 32.4 Å². The second kappa shape index (κ2) is 6.55. The van der Waals surface area contributed by atoms with Crippen LogP contribution in [0, 0.1) is 24.2 Å². The van der Waals surface area contributed by atoms with Gasteiger partial charge < -0.3 is 16.8 Å². The topological polar surface area (TPSA) is 98.2 Å². The van der Waals surface area contributed by atoms with Gasteiger partial charge in [0, 0.05) is 6.54 Å². The molecule has 1 aromatic rings. The highest BCUT2D eigenvalue weighted by molar-refractivity contribution is 7.14. The fraction of sp³-hybridized carbons (Fsp3) is 0.429. The van der Waals surface area contributed by atoms with E-state index in [-0.39, 0.29) is 19.0 Å². The maximum atomic E-state index is 12.0. The average molecular weight is 293 g/mol. The van der Waals surface area contributed by atoms with Gasteiger partial charge in [-0.3, -0.25) is 9.59 Å². The molecule has 0 saturated carbocycles. The van der Waals surface area contributed by atoms with Crippen molar-refractivity contribution in [2.45, 2.75) is 20.8 Å². The standard InChI is InChI=1S/C14H19N3O2S/c1-9-7-11(20-10(9)5-4-6-15)12(18)17-8-14(2,3)13(16)19/h7H,6,8,15H2,1-3H3,(H2,16,19)(H,17,18). The number of carbonyl (C=O) groups is 2. The van der Waals surface area contributed by atoms with E-state index in [1.54, 1.807) is 19.9 Å². The van der Waals surface area contributed by atoms with E-state index in [0.717, 1.165) is 10.4 Å². The first-order valence-corrected chi connectivity index (χ1v) is 6.97. The number of carbonyl (C=O) groups excluding carboxylic acids is 2. The highest BCUT2D eigenvalue weighted by Crippen LogP contribution is 2.21. The number of aryl methyl sites for hydroxylation is 1. The lowest BCUT2D eigenvalue weighted by molar-refractivity contribution is -0.125. The molecule has 0 aliphatic heterocycles. The average Bonchev–Trinajstić information content (AvgIpc) is 2.75. The summed E-state index contributed by atoms with van der Waals surface area (Å²) in [4.78, 5) is 24.6. The first kappa shape index (κ1) is 16.2. The lowest BCUT2D eigenvalue weighted by atomic mass is 9.93. The van der Waals surface area contributed by atoms with Gasteiger partial charge in [0.25, 0.3) is 5.91 Å². The van der Waals surface area contributed by atoms with Crippen molar-refractivity contribution in [2.75, 3.05) is 13.1 Å². The van der Waals surface area contributed by atoms with Gasteiger partial charge in [0.05, 0.1) is 21.7 Å². The third-order valence-electron chi connectivity index (χ3n) is 2.80. The number of nitrogens with one attached hydrogen (secondary N) is 1. The highest BCUT2D eigenvalue weighted by Gasteiger charge is 2.26. The molecular formula is C14H19N3O2S. The minimum absolute atomic E-state index is 0.196. The minimum atomic E-state index is -0.774. The van der Waals surface area contributed by atoms with Crippen molar-refractivity contribution in [3.8, 4) is 11.8 Å². The predicted octanol–water partition coefficient (Wildman–Crippen LogP) is 0.608. The summed E-state index contributed by atoms with van der Waals surface area (Å²) in [5, 5.41) is 2.71. The Hall–Kier alpha value is -1.84. The van der Waals surface area contributed by atoms with Crippen LogP contribution in [0.1, 0.15) is 34.0 Å². The summed E-state index contributed by atoms with van der Waals surface area (Å²) in [5.74, 6) is 5.01. The van der Waals surface area contributed by atoms with Gasteiger partial charge in [0.15, 0.2) is 0 Å². The van der Waals surface area contributed by atoms with Crippen LogP contribution in [0.15, 0.2) is 6.07 Å². The van der Waals surface area contributed by atoms with Gasteiger partial charge >= 0.3 is 0 Å². The molecule has 1 rings (SSSR count). The van der Waals surface area contributed by atoms with Crippen LogP contribution >= 0.6 is 11.3 Å². The molecule has 0 atom stereocenters. The maximum Gasteiger partial charge on any atom is 0.261 e. The molecule has 5 nitrogen and oxygen atoms in total. The van der Waals surface area contributed by atoms with E-state index in [2.05, 4.69) is 17.2 Å². The van der Waals surface area contributed by atoms with Crippen LogP contribution in [0.2, 0.25) is 0 Å². The number of thiophene rings is 1. The third-order valence-corrected chi connectivity index (χ3v) is 3.95. The number of rotatable bonds is 4. The second-order valence-corrected chi connectivity index (χ2v) is 6.11. The summed E-state index contributed by atoms with van der Waals surface area (Å²) in [5.41, 5.74) is 10.8. The lowest BCUT2D eigenvalue weighted by Gasteiger charge is -2.20. The first-order valence-electron chi connectivity index (χ1n) is 6.15. The van der Waals surface area contributed by atoms with Gasteiger partial charge in [0.1, 0.15) is 0 Å². The Bertz CT molecular complexity index is 579. The molecule has 0 aliphatic rings. The van der Waals surface area contributed by atoms with Gasteiger partial charge in [-0.2, -0.15) is 0 Å². The number of hydrogen-bond donors (Lipinski definition) is 3. The largest absolute Gasteiger partial charge is 0.369 e. The van der Waals surface area contributed by atoms with Crippen molar-refractivity contribution in [3.05, 3.63) is 21.4 Å². The molecule has 0 spiro atoms. The maximum absolute atomic E-state index is 12.0. The molecule has 0 radical (unpaired) electrons. The van der Waals surface area contributed by atoms with E-state index in [1.165, 1.54) is 11.3 Å². The number of primary amides is 1. The fourth-order valence-corrected chi connectivity index (χ4v) is 2.29. The van der Waals surface area contributed by atoms with Crippen molar-refractivity contribution >= 4 is 23.2 Å². The Morgan fingerprint density at radius 2 is 2.10 bits per heavy atom. The zero-order valence-electron chi connectivity index (χ0n) is 11.9. The summed E-state index contributed by atoms with van der Waals surface area (Å²) in [6, 6.07) is 1.78. The first-order chi connectivity index (χ1) is 9.27. The molecule has 0 unspecified atom stereocenters. The van der Waals surface area contributed by atoms with Crippen molar-refractivity contribution in [3.63, 3.8) is 0 Å². The summed E-state index contributed by atoms with van der Waals surface area (Å²) in [7, 11) is 0. The zero-order valence-corrected chi connectivity index (χ0v) is 12.7. The molecule has 1 heterocycles. The normalized spacial score (nSPS) is 10.6. The minimum Gasteiger partial charge on any atom is -0.369 e. The molecule has 20 heavy (non-hydrogen) atoms. The van der Waals surface area contributed by atoms with E-state index < -0.39 is 11.3 Å². The van der Waals surface area contributed by atoms with Crippen molar-refractivity contribution in [2.24, 2.45) is 16.9 Å². The molecule has 0 fully saturated rings. The summed E-state index contributed by atoms with van der Waals surface area (Å²) >= 11 is 1.31. The van der Waals surface area contributed by atoms with Crippen molar-refractivity contribution in [1.82, 2.24) is 5.32 Å². The van der Waals surface area contributed by atoms with Crippen LogP contribution in [0.4, 0.5) is 0 Å².